The predicted molar refractivity (Wildman–Crippen MR) is 83.5 cm³/mol. The van der Waals surface area contributed by atoms with Crippen molar-refractivity contribution in [3.8, 4) is 6.07 Å². The maximum absolute atomic E-state index is 12.9. The Bertz CT molecular complexity index is 854. The molecule has 12 heteroatoms. The summed E-state index contributed by atoms with van der Waals surface area (Å²) in [6.45, 7) is 2.40. The summed E-state index contributed by atoms with van der Waals surface area (Å²) in [5.74, 6) is -2.08. The lowest BCUT2D eigenvalue weighted by atomic mass is 9.90. The molecule has 0 N–H and O–H groups in total. The van der Waals surface area contributed by atoms with Crippen LogP contribution in [-0.4, -0.2) is 26.7 Å². The van der Waals surface area contributed by atoms with E-state index in [1.807, 2.05) is 0 Å². The summed E-state index contributed by atoms with van der Waals surface area (Å²) < 4.78 is 107. The highest BCUT2D eigenvalue weighted by Gasteiger charge is 2.40. The van der Waals surface area contributed by atoms with Crippen molar-refractivity contribution in [3.05, 3.63) is 29.3 Å². The van der Waals surface area contributed by atoms with Gasteiger partial charge in [-0.05, 0) is 38.5 Å². The molecule has 0 spiro atoms. The zero-order valence-corrected chi connectivity index (χ0v) is 15.4. The van der Waals surface area contributed by atoms with Crippen LogP contribution in [0.4, 0.5) is 26.3 Å². The molecule has 28 heavy (non-hydrogen) atoms. The first kappa shape index (κ1) is 23.7. The van der Waals surface area contributed by atoms with Gasteiger partial charge in [0.15, 0.2) is 15.3 Å². The van der Waals surface area contributed by atoms with E-state index in [-0.39, 0.29) is 24.8 Å². The number of sulfone groups is 1. The second kappa shape index (κ2) is 7.98. The maximum Gasteiger partial charge on any atom is 0.416 e. The lowest BCUT2D eigenvalue weighted by Crippen LogP contribution is -2.31. The van der Waals surface area contributed by atoms with E-state index in [9.17, 15) is 39.6 Å². The molecular formula is C16H15F6NO4S. The quantitative estimate of drug-likeness (QED) is 0.503. The second-order valence-electron chi connectivity index (χ2n) is 5.97. The summed E-state index contributed by atoms with van der Waals surface area (Å²) in [6, 6.07) is 1.53. The summed E-state index contributed by atoms with van der Waals surface area (Å²) in [5.41, 5.74) is -5.50. The van der Waals surface area contributed by atoms with Crippen molar-refractivity contribution in [2.75, 3.05) is 12.4 Å². The third-order valence-corrected chi connectivity index (χ3v) is 5.46. The molecule has 156 valence electrons. The number of nitriles is 1. The number of halogens is 6. The van der Waals surface area contributed by atoms with E-state index >= 15 is 0 Å². The molecular weight excluding hydrogens is 416 g/mol. The molecule has 5 nitrogen and oxygen atoms in total. The summed E-state index contributed by atoms with van der Waals surface area (Å²) in [6.07, 6.45) is -11.1. The minimum absolute atomic E-state index is 0.0820. The minimum atomic E-state index is -5.21. The Hall–Kier alpha value is -2.29. The van der Waals surface area contributed by atoms with E-state index in [4.69, 9.17) is 5.26 Å². The third-order valence-electron chi connectivity index (χ3n) is 3.76. The van der Waals surface area contributed by atoms with Gasteiger partial charge in [-0.15, -0.1) is 0 Å². The van der Waals surface area contributed by atoms with E-state index in [1.54, 1.807) is 6.07 Å². The average Bonchev–Trinajstić information content (AvgIpc) is 2.58. The zero-order chi connectivity index (χ0) is 22.0. The van der Waals surface area contributed by atoms with Crippen molar-refractivity contribution in [2.45, 2.75) is 37.5 Å². The average molecular weight is 431 g/mol. The van der Waals surface area contributed by atoms with Gasteiger partial charge in [-0.25, -0.2) is 8.42 Å². The molecule has 0 aliphatic carbocycles. The second-order valence-corrected chi connectivity index (χ2v) is 8.08. The van der Waals surface area contributed by atoms with Gasteiger partial charge in [0.2, 0.25) is 0 Å². The molecule has 0 aliphatic rings. The topological polar surface area (TPSA) is 84.2 Å². The number of rotatable bonds is 6. The van der Waals surface area contributed by atoms with Gasteiger partial charge < -0.3 is 4.74 Å². The number of carbonyl (C=O) groups is 1. The molecule has 0 radical (unpaired) electrons. The van der Waals surface area contributed by atoms with Gasteiger partial charge in [-0.1, -0.05) is 0 Å². The first-order valence-electron chi connectivity index (χ1n) is 7.67. The lowest BCUT2D eigenvalue weighted by molar-refractivity contribution is -0.151. The largest absolute Gasteiger partial charge is 0.465 e. The highest BCUT2D eigenvalue weighted by molar-refractivity contribution is 7.91. The van der Waals surface area contributed by atoms with Gasteiger partial charge in [0.1, 0.15) is 0 Å². The van der Waals surface area contributed by atoms with Crippen LogP contribution < -0.4 is 0 Å². The Labute approximate surface area is 156 Å². The van der Waals surface area contributed by atoms with Crippen molar-refractivity contribution >= 4 is 15.8 Å². The third kappa shape index (κ3) is 5.60. The molecule has 1 unspecified atom stereocenters. The molecule has 1 atom stereocenters. The van der Waals surface area contributed by atoms with Crippen LogP contribution in [0, 0.1) is 16.7 Å². The van der Waals surface area contributed by atoms with Crippen molar-refractivity contribution in [2.24, 2.45) is 5.41 Å². The summed E-state index contributed by atoms with van der Waals surface area (Å²) in [7, 11) is -4.68. The minimum Gasteiger partial charge on any atom is -0.465 e. The van der Waals surface area contributed by atoms with Crippen molar-refractivity contribution < 1.29 is 44.3 Å². The Kier molecular flexibility index (Phi) is 6.77. The fourth-order valence-corrected chi connectivity index (χ4v) is 3.58. The molecule has 0 heterocycles. The van der Waals surface area contributed by atoms with Crippen molar-refractivity contribution in [1.29, 1.82) is 5.26 Å². The van der Waals surface area contributed by atoms with Gasteiger partial charge in [-0.2, -0.15) is 31.6 Å². The maximum atomic E-state index is 12.9. The highest BCUT2D eigenvalue weighted by Crippen LogP contribution is 2.37. The van der Waals surface area contributed by atoms with Crippen LogP contribution >= 0.6 is 0 Å². The Morgan fingerprint density at radius 3 is 1.89 bits per heavy atom. The number of nitrogens with zero attached hydrogens (tertiary/aromatic N) is 1. The highest BCUT2D eigenvalue weighted by atomic mass is 32.2. The predicted octanol–water partition coefficient (Wildman–Crippen LogP) is 3.98. The first-order valence-corrected chi connectivity index (χ1v) is 9.33. The smallest absolute Gasteiger partial charge is 0.416 e. The van der Waals surface area contributed by atoms with Crippen LogP contribution in [0.1, 0.15) is 31.4 Å². The molecule has 0 saturated heterocycles. The molecule has 1 aromatic carbocycles. The number of alkyl halides is 6. The SMILES string of the molecule is CCOC(=O)C(C)(C#N)CCS(=O)(=O)c1cc(C(F)(F)F)cc(C(F)(F)F)c1. The first-order chi connectivity index (χ1) is 12.6. The molecule has 0 fully saturated rings. The van der Waals surface area contributed by atoms with Crippen LogP contribution in [0.15, 0.2) is 23.1 Å². The summed E-state index contributed by atoms with van der Waals surface area (Å²) in [4.78, 5) is 10.6. The van der Waals surface area contributed by atoms with Crippen molar-refractivity contribution in [1.82, 2.24) is 0 Å². The monoisotopic (exact) mass is 431 g/mol. The molecule has 0 amide bonds. The Morgan fingerprint density at radius 1 is 1.07 bits per heavy atom. The van der Waals surface area contributed by atoms with Gasteiger partial charge in [0.05, 0.1) is 34.5 Å². The molecule has 1 rings (SSSR count). The molecule has 0 aliphatic heterocycles. The Morgan fingerprint density at radius 2 is 1.54 bits per heavy atom. The van der Waals surface area contributed by atoms with E-state index < -0.39 is 61.8 Å². The van der Waals surface area contributed by atoms with Crippen LogP contribution in [0.5, 0.6) is 0 Å². The number of ether oxygens (including phenoxy) is 1. The lowest BCUT2D eigenvalue weighted by Gasteiger charge is -2.19. The summed E-state index contributed by atoms with van der Waals surface area (Å²) in [5, 5.41) is 9.11. The van der Waals surface area contributed by atoms with Gasteiger partial charge in [0.25, 0.3) is 0 Å². The van der Waals surface area contributed by atoms with Gasteiger partial charge >= 0.3 is 18.3 Å². The van der Waals surface area contributed by atoms with Gasteiger partial charge in [-0.3, -0.25) is 4.79 Å². The van der Waals surface area contributed by atoms with E-state index in [0.29, 0.717) is 0 Å². The molecule has 0 bridgehead atoms. The van der Waals surface area contributed by atoms with Gasteiger partial charge in [0, 0.05) is 0 Å². The standard InChI is InChI=1S/C16H15F6NO4S/c1-3-27-13(24)14(2,9-23)4-5-28(25,26)12-7-10(15(17,18)19)6-11(8-12)16(20,21)22/h6-8H,3-5H2,1-2H3. The summed E-state index contributed by atoms with van der Waals surface area (Å²) >= 11 is 0. The zero-order valence-electron chi connectivity index (χ0n) is 14.6. The molecule has 1 aromatic rings. The Balaban J connectivity index is 3.34. The van der Waals surface area contributed by atoms with E-state index in [0.717, 1.165) is 6.92 Å². The van der Waals surface area contributed by atoms with E-state index in [2.05, 4.69) is 4.74 Å². The van der Waals surface area contributed by atoms with Crippen LogP contribution in [0.25, 0.3) is 0 Å². The van der Waals surface area contributed by atoms with Crippen LogP contribution in [0.3, 0.4) is 0 Å². The number of hydrogen-bond donors (Lipinski definition) is 0. The molecule has 0 aromatic heterocycles. The number of esters is 1. The fraction of sp³-hybridized carbons (Fsp3) is 0.500. The van der Waals surface area contributed by atoms with Crippen molar-refractivity contribution in [3.63, 3.8) is 0 Å². The number of benzene rings is 1. The van der Waals surface area contributed by atoms with E-state index in [1.165, 1.54) is 6.92 Å². The van der Waals surface area contributed by atoms with Crippen LogP contribution in [0.2, 0.25) is 0 Å². The number of hydrogen-bond acceptors (Lipinski definition) is 5. The molecule has 0 saturated carbocycles. The fourth-order valence-electron chi connectivity index (χ4n) is 2.06. The van der Waals surface area contributed by atoms with Crippen LogP contribution in [-0.2, 0) is 31.7 Å². The normalized spacial score (nSPS) is 14.8. The number of carbonyl (C=O) groups excluding carboxylic acids is 1.